The van der Waals surface area contributed by atoms with Crippen molar-refractivity contribution < 1.29 is 4.79 Å². The molecule has 0 fully saturated rings. The molecular formula is C22H24N6O. The Morgan fingerprint density at radius 3 is 2.55 bits per heavy atom. The van der Waals surface area contributed by atoms with Crippen molar-refractivity contribution in [2.75, 3.05) is 0 Å². The Balaban J connectivity index is 1.82. The molecule has 29 heavy (non-hydrogen) atoms. The standard InChI is InChI=1S/C22H24N6O/c1-14(2)16(4)25-22(29)20-19-13-23-11-12-27(19)21(26-20)18-9-10-24-28(18)17-7-5-15(3)6-8-17/h5-14,16H,1-4H3,(H,25,29)/t16-/m1/s1. The molecule has 4 rings (SSSR count). The van der Waals surface area contributed by atoms with E-state index in [4.69, 9.17) is 4.98 Å². The Hall–Kier alpha value is -3.48. The molecule has 3 aromatic heterocycles. The highest BCUT2D eigenvalue weighted by atomic mass is 16.2. The molecule has 1 N–H and O–H groups in total. The molecule has 0 spiro atoms. The van der Waals surface area contributed by atoms with Crippen LogP contribution in [0.4, 0.5) is 0 Å². The zero-order valence-corrected chi connectivity index (χ0v) is 17.0. The number of aryl methyl sites for hydroxylation is 1. The molecule has 1 atom stereocenters. The van der Waals surface area contributed by atoms with E-state index in [0.717, 1.165) is 11.4 Å². The van der Waals surface area contributed by atoms with Crippen LogP contribution in [0.2, 0.25) is 0 Å². The molecule has 0 saturated carbocycles. The molecule has 1 aromatic carbocycles. The van der Waals surface area contributed by atoms with Gasteiger partial charge in [0.1, 0.15) is 5.69 Å². The largest absolute Gasteiger partial charge is 0.348 e. The summed E-state index contributed by atoms with van der Waals surface area (Å²) < 4.78 is 3.71. The molecule has 0 aliphatic heterocycles. The lowest BCUT2D eigenvalue weighted by Gasteiger charge is -2.16. The zero-order valence-electron chi connectivity index (χ0n) is 17.0. The molecule has 0 saturated heterocycles. The summed E-state index contributed by atoms with van der Waals surface area (Å²) in [6.45, 7) is 8.19. The van der Waals surface area contributed by atoms with E-state index in [-0.39, 0.29) is 11.9 Å². The predicted molar refractivity (Wildman–Crippen MR) is 112 cm³/mol. The molecule has 3 heterocycles. The summed E-state index contributed by atoms with van der Waals surface area (Å²) >= 11 is 0. The third kappa shape index (κ3) is 3.51. The van der Waals surface area contributed by atoms with Crippen molar-refractivity contribution in [3.8, 4) is 17.2 Å². The van der Waals surface area contributed by atoms with Crippen molar-refractivity contribution in [2.45, 2.75) is 33.7 Å². The Kier molecular flexibility index (Phi) is 4.88. The van der Waals surface area contributed by atoms with E-state index in [1.54, 1.807) is 18.6 Å². The van der Waals surface area contributed by atoms with E-state index in [1.165, 1.54) is 5.56 Å². The van der Waals surface area contributed by atoms with Crippen LogP contribution in [0.15, 0.2) is 55.1 Å². The molecule has 4 aromatic rings. The molecule has 0 aliphatic carbocycles. The number of carbonyl (C=O) groups is 1. The Labute approximate surface area is 169 Å². The maximum absolute atomic E-state index is 12.9. The number of nitrogens with one attached hydrogen (secondary N) is 1. The summed E-state index contributed by atoms with van der Waals surface area (Å²) in [4.78, 5) is 21.8. The zero-order chi connectivity index (χ0) is 20.5. The second-order valence-electron chi connectivity index (χ2n) is 7.59. The summed E-state index contributed by atoms with van der Waals surface area (Å²) in [6, 6.07) is 10.1. The monoisotopic (exact) mass is 388 g/mol. The number of imidazole rings is 1. The average molecular weight is 388 g/mol. The number of amides is 1. The van der Waals surface area contributed by atoms with Gasteiger partial charge in [-0.25, -0.2) is 9.67 Å². The normalized spacial score (nSPS) is 12.4. The van der Waals surface area contributed by atoms with Gasteiger partial charge in [0.25, 0.3) is 5.91 Å². The van der Waals surface area contributed by atoms with E-state index >= 15 is 0 Å². The van der Waals surface area contributed by atoms with Crippen LogP contribution in [0.3, 0.4) is 0 Å². The number of rotatable bonds is 5. The minimum absolute atomic E-state index is 0.0393. The lowest BCUT2D eigenvalue weighted by atomic mass is 10.1. The molecule has 0 unspecified atom stereocenters. The first-order valence-electron chi connectivity index (χ1n) is 9.70. The fourth-order valence-corrected chi connectivity index (χ4v) is 3.09. The van der Waals surface area contributed by atoms with Gasteiger partial charge >= 0.3 is 0 Å². The van der Waals surface area contributed by atoms with E-state index in [0.29, 0.717) is 23.0 Å². The highest BCUT2D eigenvalue weighted by molar-refractivity contribution is 6.00. The second-order valence-corrected chi connectivity index (χ2v) is 7.59. The van der Waals surface area contributed by atoms with Gasteiger partial charge in [0.2, 0.25) is 0 Å². The lowest BCUT2D eigenvalue weighted by molar-refractivity contribution is 0.0927. The first-order valence-corrected chi connectivity index (χ1v) is 9.70. The Bertz CT molecular complexity index is 1160. The van der Waals surface area contributed by atoms with Crippen LogP contribution in [0.5, 0.6) is 0 Å². The fraction of sp³-hybridized carbons (Fsp3) is 0.273. The van der Waals surface area contributed by atoms with Gasteiger partial charge in [-0.05, 0) is 38.0 Å². The van der Waals surface area contributed by atoms with Crippen LogP contribution < -0.4 is 5.32 Å². The molecule has 148 valence electrons. The van der Waals surface area contributed by atoms with Crippen LogP contribution in [0.25, 0.3) is 22.7 Å². The van der Waals surface area contributed by atoms with Gasteiger partial charge in [-0.2, -0.15) is 5.10 Å². The summed E-state index contributed by atoms with van der Waals surface area (Å²) in [7, 11) is 0. The Morgan fingerprint density at radius 2 is 1.83 bits per heavy atom. The van der Waals surface area contributed by atoms with Crippen molar-refractivity contribution in [1.29, 1.82) is 0 Å². The predicted octanol–water partition coefficient (Wildman–Crippen LogP) is 3.66. The minimum atomic E-state index is -0.204. The first-order chi connectivity index (χ1) is 14.0. The van der Waals surface area contributed by atoms with Crippen molar-refractivity contribution in [1.82, 2.24) is 29.5 Å². The van der Waals surface area contributed by atoms with Gasteiger partial charge < -0.3 is 5.32 Å². The molecule has 0 aliphatic rings. The van der Waals surface area contributed by atoms with Gasteiger partial charge in [-0.1, -0.05) is 31.5 Å². The molecule has 7 nitrogen and oxygen atoms in total. The third-order valence-electron chi connectivity index (χ3n) is 5.17. The van der Waals surface area contributed by atoms with Gasteiger partial charge in [-0.15, -0.1) is 0 Å². The van der Waals surface area contributed by atoms with Crippen molar-refractivity contribution >= 4 is 11.4 Å². The average Bonchev–Trinajstić information content (AvgIpc) is 3.33. The summed E-state index contributed by atoms with van der Waals surface area (Å²) in [5, 5.41) is 7.51. The Morgan fingerprint density at radius 1 is 1.07 bits per heavy atom. The van der Waals surface area contributed by atoms with Crippen LogP contribution in [0, 0.1) is 12.8 Å². The first kappa shape index (κ1) is 18.9. The smallest absolute Gasteiger partial charge is 0.272 e. The molecule has 0 bridgehead atoms. The maximum atomic E-state index is 12.9. The van der Waals surface area contributed by atoms with Gasteiger partial charge in [0.15, 0.2) is 11.5 Å². The SMILES string of the molecule is Cc1ccc(-n2nccc2-c2nc(C(=O)N[C@H](C)C(C)C)c3cnccn23)cc1. The summed E-state index contributed by atoms with van der Waals surface area (Å²) in [5.41, 5.74) is 3.93. The third-order valence-corrected chi connectivity index (χ3v) is 5.17. The topological polar surface area (TPSA) is 77.1 Å². The van der Waals surface area contributed by atoms with Crippen LogP contribution in [0.1, 0.15) is 36.8 Å². The lowest BCUT2D eigenvalue weighted by Crippen LogP contribution is -2.36. The van der Waals surface area contributed by atoms with Crippen LogP contribution in [-0.4, -0.2) is 36.1 Å². The van der Waals surface area contributed by atoms with Gasteiger partial charge in [0.05, 0.1) is 23.6 Å². The molecule has 0 radical (unpaired) electrons. The number of nitrogens with zero attached hydrogens (tertiary/aromatic N) is 5. The van der Waals surface area contributed by atoms with Crippen LogP contribution >= 0.6 is 0 Å². The van der Waals surface area contributed by atoms with E-state index in [9.17, 15) is 4.79 Å². The number of fused-ring (bicyclic) bond motifs is 1. The second kappa shape index (κ2) is 7.50. The van der Waals surface area contributed by atoms with Crippen molar-refractivity contribution in [3.05, 3.63) is 66.4 Å². The van der Waals surface area contributed by atoms with Gasteiger partial charge in [0, 0.05) is 18.4 Å². The van der Waals surface area contributed by atoms with Gasteiger partial charge in [-0.3, -0.25) is 14.2 Å². The molecule has 1 amide bonds. The fourth-order valence-electron chi connectivity index (χ4n) is 3.09. The number of carbonyl (C=O) groups excluding carboxylic acids is 1. The number of hydrogen-bond acceptors (Lipinski definition) is 4. The number of hydrogen-bond donors (Lipinski definition) is 1. The van der Waals surface area contributed by atoms with Crippen molar-refractivity contribution in [2.24, 2.45) is 5.92 Å². The maximum Gasteiger partial charge on any atom is 0.272 e. The molecular weight excluding hydrogens is 364 g/mol. The van der Waals surface area contributed by atoms with E-state index in [1.807, 2.05) is 59.5 Å². The van der Waals surface area contributed by atoms with E-state index in [2.05, 4.69) is 29.2 Å². The highest BCUT2D eigenvalue weighted by Gasteiger charge is 2.22. The van der Waals surface area contributed by atoms with Crippen molar-refractivity contribution in [3.63, 3.8) is 0 Å². The summed E-state index contributed by atoms with van der Waals surface area (Å²) in [6.07, 6.45) is 6.89. The number of benzene rings is 1. The highest BCUT2D eigenvalue weighted by Crippen LogP contribution is 2.25. The quantitative estimate of drug-likeness (QED) is 0.566. The minimum Gasteiger partial charge on any atom is -0.348 e. The molecule has 7 heteroatoms. The summed E-state index contributed by atoms with van der Waals surface area (Å²) in [5.74, 6) is 0.764. The van der Waals surface area contributed by atoms with Crippen LogP contribution in [-0.2, 0) is 0 Å². The van der Waals surface area contributed by atoms with E-state index < -0.39 is 0 Å². The number of aromatic nitrogens is 5.